The van der Waals surface area contributed by atoms with Crippen molar-refractivity contribution in [2.45, 2.75) is 193 Å². The molecule has 244 valence electrons. The average Bonchev–Trinajstić information content (AvgIpc) is 2.96. The molecule has 4 heteroatoms. The molecule has 0 heterocycles. The Labute approximate surface area is 260 Å². The van der Waals surface area contributed by atoms with Gasteiger partial charge in [0, 0.05) is 6.42 Å². The van der Waals surface area contributed by atoms with Gasteiger partial charge < -0.3 is 9.84 Å². The van der Waals surface area contributed by atoms with Gasteiger partial charge in [-0.25, -0.2) is 0 Å². The molecular formula is C38H68O4. The molecule has 42 heavy (non-hydrogen) atoms. The highest BCUT2D eigenvalue weighted by Crippen LogP contribution is 2.17. The number of carbonyl (C=O) groups excluding carboxylic acids is 1. The standard InChI is InChI=1S/C38H68O4/c1-3-5-7-9-11-13-15-17-18-19-20-22-24-26-28-30-32-34-38(41)42-36(35-37(39)40)33-31-29-27-25-23-21-16-14-12-10-8-6-4-2/h5,7,11,13,17-18,36H,3-4,6,8-10,12,14-16,19-35H2,1-2H3,(H,39,40)/b7-5-,13-11-,18-17-. The summed E-state index contributed by atoms with van der Waals surface area (Å²) in [5.74, 6) is -1.11. The summed E-state index contributed by atoms with van der Waals surface area (Å²) in [6.07, 6.45) is 43.0. The van der Waals surface area contributed by atoms with Gasteiger partial charge in [0.05, 0.1) is 6.42 Å². The number of hydrogen-bond donors (Lipinski definition) is 1. The normalized spacial score (nSPS) is 12.6. The lowest BCUT2D eigenvalue weighted by Crippen LogP contribution is -2.21. The van der Waals surface area contributed by atoms with E-state index in [1.807, 2.05) is 0 Å². The smallest absolute Gasteiger partial charge is 0.307 e. The summed E-state index contributed by atoms with van der Waals surface area (Å²) >= 11 is 0. The van der Waals surface area contributed by atoms with Gasteiger partial charge in [-0.15, -0.1) is 0 Å². The van der Waals surface area contributed by atoms with Crippen LogP contribution in [0.1, 0.15) is 187 Å². The molecule has 0 aromatic rings. The lowest BCUT2D eigenvalue weighted by Gasteiger charge is -2.16. The summed E-state index contributed by atoms with van der Waals surface area (Å²) in [7, 11) is 0. The van der Waals surface area contributed by atoms with Crippen molar-refractivity contribution in [1.29, 1.82) is 0 Å². The molecule has 0 aliphatic carbocycles. The molecule has 0 aliphatic heterocycles. The maximum absolute atomic E-state index is 12.3. The molecule has 0 spiro atoms. The van der Waals surface area contributed by atoms with Gasteiger partial charge in [0.25, 0.3) is 0 Å². The minimum absolute atomic E-state index is 0.0769. The molecule has 1 unspecified atom stereocenters. The quantitative estimate of drug-likeness (QED) is 0.0482. The van der Waals surface area contributed by atoms with Crippen LogP contribution < -0.4 is 0 Å². The van der Waals surface area contributed by atoms with Gasteiger partial charge >= 0.3 is 11.9 Å². The molecule has 1 N–H and O–H groups in total. The second-order valence-corrected chi connectivity index (χ2v) is 12.0. The Bertz CT molecular complexity index is 679. The molecule has 4 nitrogen and oxygen atoms in total. The maximum Gasteiger partial charge on any atom is 0.307 e. The minimum atomic E-state index is -0.884. The van der Waals surface area contributed by atoms with Crippen LogP contribution in [0, 0.1) is 0 Å². The third-order valence-electron chi connectivity index (χ3n) is 7.86. The number of allylic oxidation sites excluding steroid dienone is 6. The molecule has 0 aromatic carbocycles. The van der Waals surface area contributed by atoms with Crippen LogP contribution in [0.4, 0.5) is 0 Å². The highest BCUT2D eigenvalue weighted by molar-refractivity contribution is 5.71. The van der Waals surface area contributed by atoms with E-state index >= 15 is 0 Å². The van der Waals surface area contributed by atoms with Crippen molar-refractivity contribution in [3.63, 3.8) is 0 Å². The van der Waals surface area contributed by atoms with Gasteiger partial charge in [0.1, 0.15) is 6.10 Å². The van der Waals surface area contributed by atoms with E-state index in [0.29, 0.717) is 12.8 Å². The zero-order chi connectivity index (χ0) is 30.8. The fourth-order valence-electron chi connectivity index (χ4n) is 5.27. The number of rotatable bonds is 32. The first-order chi connectivity index (χ1) is 20.6. The lowest BCUT2D eigenvalue weighted by atomic mass is 10.0. The van der Waals surface area contributed by atoms with E-state index in [1.165, 1.54) is 96.3 Å². The summed E-state index contributed by atoms with van der Waals surface area (Å²) in [5, 5.41) is 9.23. The number of carboxylic acid groups (broad SMARTS) is 1. The molecule has 0 fully saturated rings. The third-order valence-corrected chi connectivity index (χ3v) is 7.86. The van der Waals surface area contributed by atoms with Crippen molar-refractivity contribution in [2.75, 3.05) is 0 Å². The highest BCUT2D eigenvalue weighted by atomic mass is 16.5. The number of esters is 1. The first-order valence-electron chi connectivity index (χ1n) is 18.0. The Morgan fingerprint density at radius 2 is 1.02 bits per heavy atom. The average molecular weight is 589 g/mol. The van der Waals surface area contributed by atoms with Crippen LogP contribution in [0.2, 0.25) is 0 Å². The van der Waals surface area contributed by atoms with Crippen LogP contribution >= 0.6 is 0 Å². The van der Waals surface area contributed by atoms with Crippen LogP contribution in [-0.2, 0) is 14.3 Å². The fourth-order valence-corrected chi connectivity index (χ4v) is 5.27. The fraction of sp³-hybridized carbons (Fsp3) is 0.789. The van der Waals surface area contributed by atoms with Gasteiger partial charge in [-0.1, -0.05) is 159 Å². The van der Waals surface area contributed by atoms with Crippen molar-refractivity contribution in [3.8, 4) is 0 Å². The van der Waals surface area contributed by atoms with E-state index < -0.39 is 12.1 Å². The molecule has 1 atom stereocenters. The van der Waals surface area contributed by atoms with Crippen LogP contribution in [0.15, 0.2) is 36.5 Å². The number of ether oxygens (including phenoxy) is 1. The molecule has 0 aliphatic rings. The molecule has 0 saturated carbocycles. The summed E-state index contributed by atoms with van der Waals surface area (Å²) in [5.41, 5.74) is 0. The van der Waals surface area contributed by atoms with Crippen LogP contribution in [0.25, 0.3) is 0 Å². The molecule has 0 aromatic heterocycles. The molecule has 0 amide bonds. The molecule has 0 bridgehead atoms. The largest absolute Gasteiger partial charge is 0.481 e. The Kier molecular flexibility index (Phi) is 32.2. The SMILES string of the molecule is CC/C=C\C/C=C\C/C=C\CCCCCCCCCC(=O)OC(CCCCCCCCCCCCCCC)CC(=O)O. The number of aliphatic carboxylic acids is 1. The number of carboxylic acids is 1. The van der Waals surface area contributed by atoms with E-state index in [4.69, 9.17) is 4.74 Å². The number of hydrogen-bond acceptors (Lipinski definition) is 3. The van der Waals surface area contributed by atoms with Gasteiger partial charge in [-0.05, 0) is 51.4 Å². The highest BCUT2D eigenvalue weighted by Gasteiger charge is 2.17. The van der Waals surface area contributed by atoms with Gasteiger partial charge in [-0.2, -0.15) is 0 Å². The maximum atomic E-state index is 12.3. The summed E-state index contributed by atoms with van der Waals surface area (Å²) in [6.45, 7) is 4.42. The molecule has 0 radical (unpaired) electrons. The topological polar surface area (TPSA) is 63.6 Å². The third kappa shape index (κ3) is 32.7. The lowest BCUT2D eigenvalue weighted by molar-refractivity contribution is -0.153. The number of unbranched alkanes of at least 4 members (excludes halogenated alkanes) is 19. The summed E-state index contributed by atoms with van der Waals surface area (Å²) in [4.78, 5) is 23.6. The van der Waals surface area contributed by atoms with Crippen molar-refractivity contribution in [1.82, 2.24) is 0 Å². The predicted octanol–water partition coefficient (Wildman–Crippen LogP) is 12.2. The number of carbonyl (C=O) groups is 2. The van der Waals surface area contributed by atoms with Crippen LogP contribution in [0.5, 0.6) is 0 Å². The summed E-state index contributed by atoms with van der Waals surface area (Å²) in [6, 6.07) is 0. The van der Waals surface area contributed by atoms with E-state index in [-0.39, 0.29) is 12.4 Å². The Morgan fingerprint density at radius 1 is 0.571 bits per heavy atom. The summed E-state index contributed by atoms with van der Waals surface area (Å²) < 4.78 is 5.56. The van der Waals surface area contributed by atoms with E-state index in [9.17, 15) is 14.7 Å². The van der Waals surface area contributed by atoms with Crippen molar-refractivity contribution >= 4 is 11.9 Å². The zero-order valence-corrected chi connectivity index (χ0v) is 27.8. The van der Waals surface area contributed by atoms with E-state index in [0.717, 1.165) is 57.8 Å². The molecule has 0 rings (SSSR count). The first kappa shape index (κ1) is 40.2. The zero-order valence-electron chi connectivity index (χ0n) is 27.8. The van der Waals surface area contributed by atoms with Crippen LogP contribution in [0.3, 0.4) is 0 Å². The molecular weight excluding hydrogens is 520 g/mol. The van der Waals surface area contributed by atoms with E-state index in [1.54, 1.807) is 0 Å². The van der Waals surface area contributed by atoms with Gasteiger partial charge in [0.2, 0.25) is 0 Å². The Morgan fingerprint density at radius 3 is 1.55 bits per heavy atom. The minimum Gasteiger partial charge on any atom is -0.481 e. The van der Waals surface area contributed by atoms with E-state index in [2.05, 4.69) is 50.3 Å². The van der Waals surface area contributed by atoms with Gasteiger partial charge in [-0.3, -0.25) is 9.59 Å². The van der Waals surface area contributed by atoms with Crippen molar-refractivity contribution in [3.05, 3.63) is 36.5 Å². The Balaban J connectivity index is 3.68. The van der Waals surface area contributed by atoms with Crippen molar-refractivity contribution < 1.29 is 19.4 Å². The Hall–Kier alpha value is -1.84. The second kappa shape index (κ2) is 33.7. The van der Waals surface area contributed by atoms with Crippen molar-refractivity contribution in [2.24, 2.45) is 0 Å². The predicted molar refractivity (Wildman–Crippen MR) is 181 cm³/mol. The van der Waals surface area contributed by atoms with Gasteiger partial charge in [0.15, 0.2) is 0 Å². The second-order valence-electron chi connectivity index (χ2n) is 12.0. The van der Waals surface area contributed by atoms with Crippen LogP contribution in [-0.4, -0.2) is 23.1 Å². The first-order valence-corrected chi connectivity index (χ1v) is 18.0. The molecule has 0 saturated heterocycles. The monoisotopic (exact) mass is 589 g/mol.